The molecule has 1 aromatic carbocycles. The molecular weight excluding hydrogens is 495 g/mol. The third-order valence-electron chi connectivity index (χ3n) is 4.53. The van der Waals surface area contributed by atoms with Crippen molar-refractivity contribution in [2.75, 3.05) is 46.9 Å². The number of likely N-dealkylation sites (N-methyl/N-ethyl adjacent to an activating group) is 1. The Morgan fingerprint density at radius 1 is 1.20 bits per heavy atom. The van der Waals surface area contributed by atoms with Gasteiger partial charge in [0.15, 0.2) is 5.96 Å². The summed E-state index contributed by atoms with van der Waals surface area (Å²) in [6.07, 6.45) is 1.80. The van der Waals surface area contributed by atoms with E-state index in [1.54, 1.807) is 19.0 Å². The summed E-state index contributed by atoms with van der Waals surface area (Å²) >= 11 is 0. The number of guanidine groups is 1. The van der Waals surface area contributed by atoms with Crippen LogP contribution < -0.4 is 10.6 Å². The van der Waals surface area contributed by atoms with Crippen molar-refractivity contribution in [3.05, 3.63) is 30.1 Å². The summed E-state index contributed by atoms with van der Waals surface area (Å²) in [5.74, 6) is 1.65. The molecule has 168 valence electrons. The van der Waals surface area contributed by atoms with Gasteiger partial charge in [-0.1, -0.05) is 12.1 Å². The van der Waals surface area contributed by atoms with E-state index < -0.39 is 0 Å². The number of aryl methyl sites for hydroxylation is 2. The molecule has 2 rings (SSSR count). The number of para-hydroxylation sites is 2. The topological polar surface area (TPSA) is 83.8 Å². The zero-order valence-corrected chi connectivity index (χ0v) is 20.8. The lowest BCUT2D eigenvalue weighted by Crippen LogP contribution is -2.40. The largest absolute Gasteiger partial charge is 0.382 e. The first-order valence-corrected chi connectivity index (χ1v) is 10.2. The maximum atomic E-state index is 11.8. The monoisotopic (exact) mass is 530 g/mol. The van der Waals surface area contributed by atoms with Gasteiger partial charge in [0.25, 0.3) is 0 Å². The minimum atomic E-state index is -0.0269. The summed E-state index contributed by atoms with van der Waals surface area (Å²) in [6.45, 7) is 7.94. The standard InChI is InChI=1S/C21H34N6O2.HI/c1-5-29-15-9-13-23-21(24-16-20(28)26(3)4)22-12-8-14-27-17(2)25-18-10-6-7-11-19(18)27;/h6-7,10-11H,5,8-9,12-16H2,1-4H3,(H2,22,23,24);1H. The second kappa shape index (κ2) is 14.2. The predicted octanol–water partition coefficient (Wildman–Crippen LogP) is 2.40. The number of aliphatic imine (C=N–C) groups is 1. The van der Waals surface area contributed by atoms with Gasteiger partial charge in [-0.3, -0.25) is 4.79 Å². The Bertz CT molecular complexity index is 806. The molecule has 0 fully saturated rings. The second-order valence-electron chi connectivity index (χ2n) is 7.01. The van der Waals surface area contributed by atoms with Crippen LogP contribution in [0, 0.1) is 6.92 Å². The Labute approximate surface area is 196 Å². The van der Waals surface area contributed by atoms with Gasteiger partial charge in [-0.2, -0.15) is 0 Å². The highest BCUT2D eigenvalue weighted by Crippen LogP contribution is 2.15. The molecule has 0 atom stereocenters. The molecule has 2 N–H and O–H groups in total. The van der Waals surface area contributed by atoms with E-state index in [9.17, 15) is 4.79 Å². The number of imidazole rings is 1. The van der Waals surface area contributed by atoms with Crippen LogP contribution in [0.25, 0.3) is 11.0 Å². The lowest BCUT2D eigenvalue weighted by atomic mass is 10.3. The van der Waals surface area contributed by atoms with E-state index in [0.717, 1.165) is 55.9 Å². The third-order valence-corrected chi connectivity index (χ3v) is 4.53. The Hall–Kier alpha value is -1.88. The van der Waals surface area contributed by atoms with E-state index >= 15 is 0 Å². The first kappa shape index (κ1) is 26.2. The van der Waals surface area contributed by atoms with Gasteiger partial charge in [0.05, 0.1) is 11.0 Å². The number of nitrogens with zero attached hydrogens (tertiary/aromatic N) is 4. The molecule has 8 nitrogen and oxygen atoms in total. The average Bonchev–Trinajstić information content (AvgIpc) is 3.03. The number of aromatic nitrogens is 2. The zero-order valence-electron chi connectivity index (χ0n) is 18.5. The molecule has 0 radical (unpaired) electrons. The molecule has 2 aromatic rings. The van der Waals surface area contributed by atoms with Gasteiger partial charge in [-0.05, 0) is 38.8 Å². The van der Waals surface area contributed by atoms with Crippen LogP contribution in [-0.4, -0.2) is 73.3 Å². The van der Waals surface area contributed by atoms with Crippen molar-refractivity contribution >= 4 is 46.9 Å². The quantitative estimate of drug-likeness (QED) is 0.202. The van der Waals surface area contributed by atoms with Crippen molar-refractivity contribution in [2.24, 2.45) is 4.99 Å². The van der Waals surface area contributed by atoms with Crippen LogP contribution in [0.1, 0.15) is 25.6 Å². The number of nitrogens with one attached hydrogen (secondary N) is 2. The first-order valence-electron chi connectivity index (χ1n) is 10.2. The highest BCUT2D eigenvalue weighted by atomic mass is 127. The van der Waals surface area contributed by atoms with Crippen LogP contribution in [0.3, 0.4) is 0 Å². The number of amides is 1. The van der Waals surface area contributed by atoms with Crippen molar-refractivity contribution in [3.63, 3.8) is 0 Å². The van der Waals surface area contributed by atoms with Crippen molar-refractivity contribution in [3.8, 4) is 0 Å². The van der Waals surface area contributed by atoms with Crippen LogP contribution in [0.2, 0.25) is 0 Å². The van der Waals surface area contributed by atoms with Gasteiger partial charge < -0.3 is 24.8 Å². The molecule has 0 unspecified atom stereocenters. The Morgan fingerprint density at radius 2 is 1.90 bits per heavy atom. The molecule has 0 bridgehead atoms. The summed E-state index contributed by atoms with van der Waals surface area (Å²) < 4.78 is 7.60. The number of hydrogen-bond acceptors (Lipinski definition) is 4. The van der Waals surface area contributed by atoms with Crippen molar-refractivity contribution < 1.29 is 9.53 Å². The molecule has 0 spiro atoms. The van der Waals surface area contributed by atoms with Gasteiger partial charge in [-0.15, -0.1) is 24.0 Å². The fraction of sp³-hybridized carbons (Fsp3) is 0.571. The molecule has 0 saturated heterocycles. The number of fused-ring (bicyclic) bond motifs is 1. The van der Waals surface area contributed by atoms with Gasteiger partial charge in [-0.25, -0.2) is 9.98 Å². The summed E-state index contributed by atoms with van der Waals surface area (Å²) in [7, 11) is 3.47. The molecule has 30 heavy (non-hydrogen) atoms. The molecule has 0 aliphatic carbocycles. The van der Waals surface area contributed by atoms with Crippen molar-refractivity contribution in [1.82, 2.24) is 25.1 Å². The van der Waals surface area contributed by atoms with E-state index in [1.165, 1.54) is 0 Å². The Morgan fingerprint density at radius 3 is 2.60 bits per heavy atom. The number of hydrogen-bond donors (Lipinski definition) is 2. The van der Waals surface area contributed by atoms with Crippen LogP contribution in [0.4, 0.5) is 0 Å². The second-order valence-corrected chi connectivity index (χ2v) is 7.01. The summed E-state index contributed by atoms with van der Waals surface area (Å²) in [6, 6.07) is 8.19. The predicted molar refractivity (Wildman–Crippen MR) is 133 cm³/mol. The smallest absolute Gasteiger partial charge is 0.243 e. The molecule has 1 heterocycles. The number of halogens is 1. The minimum absolute atomic E-state index is 0. The maximum Gasteiger partial charge on any atom is 0.243 e. The van der Waals surface area contributed by atoms with E-state index in [0.29, 0.717) is 12.6 Å². The van der Waals surface area contributed by atoms with E-state index in [4.69, 9.17) is 4.74 Å². The molecule has 1 aromatic heterocycles. The van der Waals surface area contributed by atoms with Crippen LogP contribution >= 0.6 is 24.0 Å². The third kappa shape index (κ3) is 8.47. The molecule has 0 saturated carbocycles. The van der Waals surface area contributed by atoms with Crippen molar-refractivity contribution in [2.45, 2.75) is 33.2 Å². The van der Waals surface area contributed by atoms with Gasteiger partial charge >= 0.3 is 0 Å². The Kier molecular flexibility index (Phi) is 12.4. The number of rotatable bonds is 11. The maximum absolute atomic E-state index is 11.8. The fourth-order valence-electron chi connectivity index (χ4n) is 2.91. The number of ether oxygens (including phenoxy) is 1. The van der Waals surface area contributed by atoms with Crippen LogP contribution in [0.15, 0.2) is 29.3 Å². The SMILES string of the molecule is CCOCCCNC(=NCC(=O)N(C)C)NCCCn1c(C)nc2ccccc21.I. The van der Waals surface area contributed by atoms with Gasteiger partial charge in [0, 0.05) is 46.9 Å². The lowest BCUT2D eigenvalue weighted by Gasteiger charge is -2.14. The molecule has 0 aliphatic rings. The first-order chi connectivity index (χ1) is 14.0. The van der Waals surface area contributed by atoms with Crippen LogP contribution in [0.5, 0.6) is 0 Å². The molecule has 9 heteroatoms. The summed E-state index contributed by atoms with van der Waals surface area (Å²) in [5, 5.41) is 6.61. The fourth-order valence-corrected chi connectivity index (χ4v) is 2.91. The molecule has 1 amide bonds. The van der Waals surface area contributed by atoms with Crippen LogP contribution in [-0.2, 0) is 16.1 Å². The van der Waals surface area contributed by atoms with E-state index in [-0.39, 0.29) is 36.4 Å². The number of benzene rings is 1. The molecular formula is C21H35IN6O2. The average molecular weight is 530 g/mol. The van der Waals surface area contributed by atoms with E-state index in [1.807, 2.05) is 32.0 Å². The summed E-state index contributed by atoms with van der Waals surface area (Å²) in [5.41, 5.74) is 2.18. The summed E-state index contributed by atoms with van der Waals surface area (Å²) in [4.78, 5) is 22.4. The van der Waals surface area contributed by atoms with Gasteiger partial charge in [0.2, 0.25) is 5.91 Å². The highest BCUT2D eigenvalue weighted by molar-refractivity contribution is 14.0. The normalized spacial score (nSPS) is 11.3. The zero-order chi connectivity index (χ0) is 21.1. The molecule has 0 aliphatic heterocycles. The van der Waals surface area contributed by atoms with Gasteiger partial charge in [0.1, 0.15) is 12.4 Å². The Balaban J connectivity index is 0.00000450. The highest BCUT2D eigenvalue weighted by Gasteiger charge is 2.07. The number of carbonyl (C=O) groups excluding carboxylic acids is 1. The van der Waals surface area contributed by atoms with Crippen molar-refractivity contribution in [1.29, 1.82) is 0 Å². The number of carbonyl (C=O) groups is 1. The van der Waals surface area contributed by atoms with E-state index in [2.05, 4.69) is 31.2 Å². The lowest BCUT2D eigenvalue weighted by molar-refractivity contribution is -0.127. The minimum Gasteiger partial charge on any atom is -0.382 e.